The SMILES string of the molecule is O=C(O)c1ccc2nc(CN3CCc4cc(C(F)(F)F)c(OCc5ccc(Cl)cc5C(F)(F)F)cc4C3)n(C[C@@H]3CCO3)c2c1. The number of carboxylic acid groups (broad SMARTS) is 1. The van der Waals surface area contributed by atoms with Crippen molar-refractivity contribution in [3.05, 3.63) is 92.8 Å². The van der Waals surface area contributed by atoms with Crippen molar-refractivity contribution >= 4 is 28.6 Å². The molecular weight excluding hydrogens is 628 g/mol. The molecule has 1 N–H and O–H groups in total. The number of carbonyl (C=O) groups is 1. The van der Waals surface area contributed by atoms with Crippen molar-refractivity contribution in [2.24, 2.45) is 0 Å². The summed E-state index contributed by atoms with van der Waals surface area (Å²) in [7, 11) is 0. The van der Waals surface area contributed by atoms with Gasteiger partial charge in [0.1, 0.15) is 18.2 Å². The molecule has 238 valence electrons. The lowest BCUT2D eigenvalue weighted by atomic mass is 9.96. The minimum atomic E-state index is -4.79. The Morgan fingerprint density at radius 3 is 2.44 bits per heavy atom. The van der Waals surface area contributed by atoms with Gasteiger partial charge in [0.2, 0.25) is 0 Å². The van der Waals surface area contributed by atoms with Crippen molar-refractivity contribution < 1.29 is 45.7 Å². The van der Waals surface area contributed by atoms with Crippen LogP contribution in [0.4, 0.5) is 26.3 Å². The number of imidazole rings is 1. The third-order valence-electron chi connectivity index (χ3n) is 8.08. The third-order valence-corrected chi connectivity index (χ3v) is 8.31. The molecule has 0 bridgehead atoms. The van der Waals surface area contributed by atoms with Gasteiger partial charge in [-0.25, -0.2) is 9.78 Å². The molecule has 6 rings (SSSR count). The average molecular weight is 654 g/mol. The number of fused-ring (bicyclic) bond motifs is 2. The minimum Gasteiger partial charge on any atom is -0.488 e. The monoisotopic (exact) mass is 653 g/mol. The zero-order chi connectivity index (χ0) is 32.1. The maximum atomic E-state index is 14.0. The van der Waals surface area contributed by atoms with Gasteiger partial charge in [0.25, 0.3) is 0 Å². The summed E-state index contributed by atoms with van der Waals surface area (Å²) < 4.78 is 95.8. The maximum absolute atomic E-state index is 14.0. The topological polar surface area (TPSA) is 76.8 Å². The molecule has 2 aliphatic rings. The summed E-state index contributed by atoms with van der Waals surface area (Å²) in [5.41, 5.74) is -0.107. The number of alkyl halides is 6. The van der Waals surface area contributed by atoms with Gasteiger partial charge in [0.15, 0.2) is 0 Å². The number of carboxylic acids is 1. The lowest BCUT2D eigenvalue weighted by Gasteiger charge is -2.31. The summed E-state index contributed by atoms with van der Waals surface area (Å²) >= 11 is 5.73. The van der Waals surface area contributed by atoms with E-state index in [1.807, 2.05) is 9.47 Å². The zero-order valence-corrected chi connectivity index (χ0v) is 24.3. The lowest BCUT2D eigenvalue weighted by molar-refractivity contribution is -0.140. The lowest BCUT2D eigenvalue weighted by Crippen LogP contribution is -2.34. The van der Waals surface area contributed by atoms with Crippen molar-refractivity contribution in [2.75, 3.05) is 13.2 Å². The fourth-order valence-electron chi connectivity index (χ4n) is 5.68. The second-order valence-corrected chi connectivity index (χ2v) is 11.5. The molecule has 0 aliphatic carbocycles. The van der Waals surface area contributed by atoms with Gasteiger partial charge in [-0.1, -0.05) is 17.7 Å². The third kappa shape index (κ3) is 6.61. The molecule has 1 atom stereocenters. The molecule has 7 nitrogen and oxygen atoms in total. The van der Waals surface area contributed by atoms with Crippen LogP contribution >= 0.6 is 11.6 Å². The molecule has 1 fully saturated rings. The van der Waals surface area contributed by atoms with Crippen molar-refractivity contribution in [2.45, 2.75) is 57.5 Å². The zero-order valence-electron chi connectivity index (χ0n) is 23.5. The standard InChI is InChI=1S/C31H26ClF6N3O4/c32-21-3-1-19(23(12-21)30(33,34)35)16-45-27-11-20-13-40(7-5-17(20)9-24(27)31(36,37)38)15-28-39-25-4-2-18(29(42)43)10-26(25)41(28)14-22-6-8-44-22/h1-4,9-12,22H,5-8,13-16H2,(H,42,43)/t22-/m0/s1. The predicted molar refractivity (Wildman–Crippen MR) is 151 cm³/mol. The Morgan fingerprint density at radius 1 is 1.02 bits per heavy atom. The second kappa shape index (κ2) is 11.8. The number of aromatic carboxylic acids is 1. The first kappa shape index (κ1) is 31.2. The van der Waals surface area contributed by atoms with Crippen LogP contribution in [-0.4, -0.2) is 44.8 Å². The highest BCUT2D eigenvalue weighted by Crippen LogP contribution is 2.41. The van der Waals surface area contributed by atoms with Gasteiger partial charge in [-0.15, -0.1) is 0 Å². The van der Waals surface area contributed by atoms with E-state index in [0.717, 1.165) is 18.6 Å². The first-order valence-electron chi connectivity index (χ1n) is 14.0. The van der Waals surface area contributed by atoms with Gasteiger partial charge < -0.3 is 19.1 Å². The Morgan fingerprint density at radius 2 is 1.78 bits per heavy atom. The van der Waals surface area contributed by atoms with E-state index in [1.54, 1.807) is 12.1 Å². The Kier molecular flexibility index (Phi) is 8.21. The van der Waals surface area contributed by atoms with Gasteiger partial charge >= 0.3 is 18.3 Å². The quantitative estimate of drug-likeness (QED) is 0.201. The molecule has 0 spiro atoms. The van der Waals surface area contributed by atoms with Crippen LogP contribution in [-0.2, 0) is 49.8 Å². The summed E-state index contributed by atoms with van der Waals surface area (Å²) in [4.78, 5) is 18.3. The van der Waals surface area contributed by atoms with Crippen LogP contribution in [0.1, 0.15) is 50.4 Å². The van der Waals surface area contributed by atoms with E-state index in [2.05, 4.69) is 0 Å². The molecule has 3 aromatic carbocycles. The van der Waals surface area contributed by atoms with E-state index in [0.29, 0.717) is 66.7 Å². The molecule has 4 aromatic rings. The number of halogens is 7. The second-order valence-electron chi connectivity index (χ2n) is 11.1. The summed E-state index contributed by atoms with van der Waals surface area (Å²) in [6.07, 6.45) is -8.47. The van der Waals surface area contributed by atoms with Crippen molar-refractivity contribution in [1.82, 2.24) is 14.5 Å². The molecule has 0 amide bonds. The molecule has 14 heteroatoms. The number of aromatic nitrogens is 2. The van der Waals surface area contributed by atoms with E-state index in [4.69, 9.17) is 26.1 Å². The van der Waals surface area contributed by atoms with Crippen LogP contribution in [0, 0.1) is 0 Å². The molecular formula is C31H26ClF6N3O4. The summed E-state index contributed by atoms with van der Waals surface area (Å²) in [6, 6.07) is 9.94. The summed E-state index contributed by atoms with van der Waals surface area (Å²) in [5, 5.41) is 9.33. The fourth-order valence-corrected chi connectivity index (χ4v) is 5.85. The van der Waals surface area contributed by atoms with E-state index in [1.165, 1.54) is 18.2 Å². The van der Waals surface area contributed by atoms with Gasteiger partial charge in [0, 0.05) is 30.3 Å². The number of rotatable bonds is 8. The van der Waals surface area contributed by atoms with Gasteiger partial charge in [0.05, 0.1) is 46.9 Å². The van der Waals surface area contributed by atoms with Crippen LogP contribution in [0.25, 0.3) is 11.0 Å². The van der Waals surface area contributed by atoms with Crippen LogP contribution < -0.4 is 4.74 Å². The highest BCUT2D eigenvalue weighted by molar-refractivity contribution is 6.30. The smallest absolute Gasteiger partial charge is 0.419 e. The first-order chi connectivity index (χ1) is 21.3. The Labute approximate surface area is 257 Å². The van der Waals surface area contributed by atoms with Crippen molar-refractivity contribution in [3.63, 3.8) is 0 Å². The Bertz CT molecular complexity index is 1770. The molecule has 0 radical (unpaired) electrons. The van der Waals surface area contributed by atoms with Gasteiger partial charge in [-0.05, 0) is 66.4 Å². The van der Waals surface area contributed by atoms with Gasteiger partial charge in [-0.3, -0.25) is 4.90 Å². The highest BCUT2D eigenvalue weighted by atomic mass is 35.5. The minimum absolute atomic E-state index is 0.0456. The molecule has 3 heterocycles. The van der Waals surface area contributed by atoms with Crippen LogP contribution in [0.2, 0.25) is 5.02 Å². The number of hydrogen-bond donors (Lipinski definition) is 1. The van der Waals surface area contributed by atoms with Crippen molar-refractivity contribution in [1.29, 1.82) is 0 Å². The van der Waals surface area contributed by atoms with E-state index >= 15 is 0 Å². The van der Waals surface area contributed by atoms with Crippen molar-refractivity contribution in [3.8, 4) is 5.75 Å². The number of nitrogens with zero attached hydrogens (tertiary/aromatic N) is 3. The normalized spacial score (nSPS) is 17.3. The summed E-state index contributed by atoms with van der Waals surface area (Å²) in [6.45, 7) is 1.34. The predicted octanol–water partition coefficient (Wildman–Crippen LogP) is 7.35. The fraction of sp³-hybridized carbons (Fsp3) is 0.355. The number of hydrogen-bond acceptors (Lipinski definition) is 5. The van der Waals surface area contributed by atoms with E-state index in [9.17, 15) is 36.2 Å². The molecule has 45 heavy (non-hydrogen) atoms. The first-order valence-corrected chi connectivity index (χ1v) is 14.4. The molecule has 0 saturated carbocycles. The Hall–Kier alpha value is -3.81. The van der Waals surface area contributed by atoms with Gasteiger partial charge in [-0.2, -0.15) is 26.3 Å². The number of benzene rings is 3. The van der Waals surface area contributed by atoms with E-state index < -0.39 is 41.8 Å². The molecule has 1 saturated heterocycles. The highest BCUT2D eigenvalue weighted by Gasteiger charge is 2.37. The Balaban J connectivity index is 1.28. The molecule has 2 aliphatic heterocycles. The largest absolute Gasteiger partial charge is 0.488 e. The van der Waals surface area contributed by atoms with Crippen LogP contribution in [0.3, 0.4) is 0 Å². The molecule has 1 aromatic heterocycles. The summed E-state index contributed by atoms with van der Waals surface area (Å²) in [5.74, 6) is -0.986. The van der Waals surface area contributed by atoms with Crippen LogP contribution in [0.5, 0.6) is 5.75 Å². The average Bonchev–Trinajstić information content (AvgIpc) is 3.28. The maximum Gasteiger partial charge on any atom is 0.419 e. The molecule has 0 unspecified atom stereocenters. The van der Waals surface area contributed by atoms with Crippen LogP contribution in [0.15, 0.2) is 48.5 Å². The number of ether oxygens (including phenoxy) is 2. The van der Waals surface area contributed by atoms with E-state index in [-0.39, 0.29) is 28.8 Å².